The van der Waals surface area contributed by atoms with Crippen molar-refractivity contribution in [2.75, 3.05) is 13.2 Å². The van der Waals surface area contributed by atoms with E-state index < -0.39 is 0 Å². The summed E-state index contributed by atoms with van der Waals surface area (Å²) >= 11 is 0. The van der Waals surface area contributed by atoms with E-state index in [1.165, 1.54) is 12.3 Å². The minimum absolute atomic E-state index is 0.0908. The highest BCUT2D eigenvalue weighted by atomic mass is 16.5. The van der Waals surface area contributed by atoms with E-state index in [0.717, 1.165) is 17.5 Å². The van der Waals surface area contributed by atoms with E-state index in [9.17, 15) is 9.59 Å². The predicted octanol–water partition coefficient (Wildman–Crippen LogP) is -0.114. The first-order valence-electron chi connectivity index (χ1n) is 6.80. The molecular weight excluding hydrogens is 260 g/mol. The van der Waals surface area contributed by atoms with Crippen LogP contribution in [-0.4, -0.2) is 34.9 Å². The van der Waals surface area contributed by atoms with Gasteiger partial charge >= 0.3 is 0 Å². The van der Waals surface area contributed by atoms with Crippen LogP contribution in [0.4, 0.5) is 0 Å². The molecule has 0 radical (unpaired) electrons. The lowest BCUT2D eigenvalue weighted by atomic mass is 10.2. The van der Waals surface area contributed by atoms with Gasteiger partial charge in [-0.2, -0.15) is 5.10 Å². The Morgan fingerprint density at radius 2 is 2.20 bits per heavy atom. The standard InChI is InChI=1S/C13H22N4O3/c1-3-10(4-2)16-12(18)9-17-13(19)7-11(8-15-17)20-6-5-14/h7-8,10H,3-6,9,14H2,1-2H3,(H,16,18). The van der Waals surface area contributed by atoms with Gasteiger partial charge in [0.1, 0.15) is 18.9 Å². The third-order valence-electron chi connectivity index (χ3n) is 2.88. The van der Waals surface area contributed by atoms with Crippen LogP contribution in [-0.2, 0) is 11.3 Å². The Hall–Kier alpha value is -1.89. The maximum Gasteiger partial charge on any atom is 0.270 e. The Morgan fingerprint density at radius 1 is 1.50 bits per heavy atom. The summed E-state index contributed by atoms with van der Waals surface area (Å²) in [6.45, 7) is 4.60. The van der Waals surface area contributed by atoms with Crippen LogP contribution in [0.15, 0.2) is 17.1 Å². The summed E-state index contributed by atoms with van der Waals surface area (Å²) in [5.74, 6) is 0.140. The van der Waals surface area contributed by atoms with Crippen molar-refractivity contribution in [3.05, 3.63) is 22.6 Å². The molecule has 0 bridgehead atoms. The summed E-state index contributed by atoms with van der Waals surface area (Å²) in [6, 6.07) is 1.43. The van der Waals surface area contributed by atoms with Crippen molar-refractivity contribution in [3.63, 3.8) is 0 Å². The highest BCUT2D eigenvalue weighted by Crippen LogP contribution is 2.02. The number of hydrogen-bond acceptors (Lipinski definition) is 5. The van der Waals surface area contributed by atoms with Gasteiger partial charge in [0.25, 0.3) is 5.56 Å². The molecule has 0 aliphatic rings. The fourth-order valence-corrected chi connectivity index (χ4v) is 1.69. The van der Waals surface area contributed by atoms with Gasteiger partial charge in [0, 0.05) is 18.7 Å². The normalized spacial score (nSPS) is 10.6. The SMILES string of the molecule is CCC(CC)NC(=O)Cn1ncc(OCCN)cc1=O. The second-order valence-corrected chi connectivity index (χ2v) is 4.41. The molecule has 1 aromatic heterocycles. The Kier molecular flexibility index (Phi) is 6.72. The topological polar surface area (TPSA) is 99.2 Å². The van der Waals surface area contributed by atoms with Crippen LogP contribution in [0, 0.1) is 0 Å². The average Bonchev–Trinajstić information content (AvgIpc) is 2.45. The van der Waals surface area contributed by atoms with Crippen LogP contribution in [0.5, 0.6) is 5.75 Å². The van der Waals surface area contributed by atoms with E-state index in [0.29, 0.717) is 18.9 Å². The smallest absolute Gasteiger partial charge is 0.270 e. The molecule has 0 aliphatic heterocycles. The van der Waals surface area contributed by atoms with Crippen molar-refractivity contribution in [1.82, 2.24) is 15.1 Å². The first-order valence-corrected chi connectivity index (χ1v) is 6.80. The van der Waals surface area contributed by atoms with Gasteiger partial charge in [0.2, 0.25) is 5.91 Å². The number of aromatic nitrogens is 2. The summed E-state index contributed by atoms with van der Waals surface area (Å²) in [5.41, 5.74) is 4.93. The van der Waals surface area contributed by atoms with Crippen LogP contribution in [0.2, 0.25) is 0 Å². The second kappa shape index (κ2) is 8.31. The molecule has 0 saturated heterocycles. The molecule has 0 atom stereocenters. The fraction of sp³-hybridized carbons (Fsp3) is 0.615. The number of nitrogens with zero attached hydrogens (tertiary/aromatic N) is 2. The maximum atomic E-state index is 11.8. The number of carbonyl (C=O) groups is 1. The molecular formula is C13H22N4O3. The van der Waals surface area contributed by atoms with E-state index in [-0.39, 0.29) is 24.1 Å². The number of amides is 1. The zero-order valence-electron chi connectivity index (χ0n) is 12.0. The quantitative estimate of drug-likeness (QED) is 0.693. The van der Waals surface area contributed by atoms with Gasteiger partial charge in [-0.1, -0.05) is 13.8 Å². The van der Waals surface area contributed by atoms with E-state index in [1.54, 1.807) is 0 Å². The molecule has 112 valence electrons. The third kappa shape index (κ3) is 5.00. The monoisotopic (exact) mass is 282 g/mol. The molecule has 1 rings (SSSR count). The molecule has 20 heavy (non-hydrogen) atoms. The van der Waals surface area contributed by atoms with Crippen LogP contribution >= 0.6 is 0 Å². The van der Waals surface area contributed by atoms with Crippen LogP contribution in [0.25, 0.3) is 0 Å². The third-order valence-corrected chi connectivity index (χ3v) is 2.88. The molecule has 1 aromatic rings. The highest BCUT2D eigenvalue weighted by Gasteiger charge is 2.10. The first kappa shape index (κ1) is 16.2. The first-order chi connectivity index (χ1) is 9.60. The summed E-state index contributed by atoms with van der Waals surface area (Å²) in [7, 11) is 0. The molecule has 3 N–H and O–H groups in total. The van der Waals surface area contributed by atoms with Crippen molar-refractivity contribution in [3.8, 4) is 5.75 Å². The number of nitrogens with one attached hydrogen (secondary N) is 1. The van der Waals surface area contributed by atoms with Crippen molar-refractivity contribution in [1.29, 1.82) is 0 Å². The van der Waals surface area contributed by atoms with E-state index in [2.05, 4.69) is 10.4 Å². The molecule has 0 fully saturated rings. The highest BCUT2D eigenvalue weighted by molar-refractivity contribution is 5.75. The molecule has 0 spiro atoms. The summed E-state index contributed by atoms with van der Waals surface area (Å²) in [6.07, 6.45) is 3.12. The molecule has 0 saturated carbocycles. The summed E-state index contributed by atoms with van der Waals surface area (Å²) in [4.78, 5) is 23.6. The molecule has 0 aliphatic carbocycles. The lowest BCUT2D eigenvalue weighted by Crippen LogP contribution is -2.38. The van der Waals surface area contributed by atoms with Crippen molar-refractivity contribution < 1.29 is 9.53 Å². The van der Waals surface area contributed by atoms with Gasteiger partial charge < -0.3 is 15.8 Å². The zero-order valence-corrected chi connectivity index (χ0v) is 12.0. The Labute approximate surface area is 118 Å². The van der Waals surface area contributed by atoms with Gasteiger partial charge in [0.15, 0.2) is 0 Å². The number of carbonyl (C=O) groups excluding carboxylic acids is 1. The van der Waals surface area contributed by atoms with Gasteiger partial charge in [-0.15, -0.1) is 0 Å². The lowest BCUT2D eigenvalue weighted by Gasteiger charge is -2.14. The number of rotatable bonds is 8. The molecule has 1 heterocycles. The van der Waals surface area contributed by atoms with Crippen molar-refractivity contribution >= 4 is 5.91 Å². The number of ether oxygens (including phenoxy) is 1. The Morgan fingerprint density at radius 3 is 2.75 bits per heavy atom. The largest absolute Gasteiger partial charge is 0.490 e. The van der Waals surface area contributed by atoms with Gasteiger partial charge in [0.05, 0.1) is 6.20 Å². The maximum absolute atomic E-state index is 11.8. The van der Waals surface area contributed by atoms with E-state index in [4.69, 9.17) is 10.5 Å². The summed E-state index contributed by atoms with van der Waals surface area (Å²) < 4.78 is 6.30. The van der Waals surface area contributed by atoms with Crippen molar-refractivity contribution in [2.24, 2.45) is 5.73 Å². The predicted molar refractivity (Wildman–Crippen MR) is 75.6 cm³/mol. The minimum atomic E-state index is -0.376. The number of nitrogens with two attached hydrogens (primary N) is 1. The fourth-order valence-electron chi connectivity index (χ4n) is 1.69. The van der Waals surface area contributed by atoms with Crippen LogP contribution in [0.1, 0.15) is 26.7 Å². The van der Waals surface area contributed by atoms with E-state index in [1.807, 2.05) is 13.8 Å². The Bertz CT molecular complexity index is 483. The molecule has 0 aromatic carbocycles. The molecule has 7 nitrogen and oxygen atoms in total. The summed E-state index contributed by atoms with van der Waals surface area (Å²) in [5, 5.41) is 6.76. The van der Waals surface area contributed by atoms with E-state index >= 15 is 0 Å². The Balaban J connectivity index is 2.64. The van der Waals surface area contributed by atoms with Gasteiger partial charge in [-0.25, -0.2) is 4.68 Å². The number of hydrogen-bond donors (Lipinski definition) is 2. The minimum Gasteiger partial charge on any atom is -0.490 e. The van der Waals surface area contributed by atoms with Crippen LogP contribution in [0.3, 0.4) is 0 Å². The van der Waals surface area contributed by atoms with Crippen molar-refractivity contribution in [2.45, 2.75) is 39.3 Å². The van der Waals surface area contributed by atoms with Gasteiger partial charge in [-0.3, -0.25) is 9.59 Å². The molecule has 0 unspecified atom stereocenters. The average molecular weight is 282 g/mol. The molecule has 1 amide bonds. The lowest BCUT2D eigenvalue weighted by molar-refractivity contribution is -0.122. The molecule has 7 heteroatoms. The van der Waals surface area contributed by atoms with Crippen LogP contribution < -0.4 is 21.3 Å². The second-order valence-electron chi connectivity index (χ2n) is 4.41. The zero-order chi connectivity index (χ0) is 15.0. The van der Waals surface area contributed by atoms with Gasteiger partial charge in [-0.05, 0) is 12.8 Å².